The van der Waals surface area contributed by atoms with Crippen molar-refractivity contribution in [2.75, 3.05) is 7.05 Å². The maximum absolute atomic E-state index is 14.8. The van der Waals surface area contributed by atoms with E-state index in [2.05, 4.69) is 0 Å². The number of piperazine rings is 1. The summed E-state index contributed by atoms with van der Waals surface area (Å²) in [6.45, 7) is 1.30. The third kappa shape index (κ3) is 6.59. The molecule has 2 aliphatic rings. The fourth-order valence-electron chi connectivity index (χ4n) is 7.65. The number of phenols is 5. The number of phenolic OH excluding ortho intramolecular Hbond substituents is 5. The lowest BCUT2D eigenvalue weighted by atomic mass is 9.76. The summed E-state index contributed by atoms with van der Waals surface area (Å²) in [5.41, 5.74) is -11.7. The molecule has 3 unspecified atom stereocenters. The van der Waals surface area contributed by atoms with E-state index < -0.39 is 166 Å². The lowest BCUT2D eigenvalue weighted by Gasteiger charge is -2.67. The Bertz CT molecular complexity index is 2150. The number of nitrogens with zero attached hydrogens (tertiary/aromatic N) is 4. The predicted octanol–water partition coefficient (Wildman–Crippen LogP) is -4.74. The highest BCUT2D eigenvalue weighted by molar-refractivity contribution is 5.78. The fourth-order valence-corrected chi connectivity index (χ4v) is 7.65. The molecule has 0 radical (unpaired) electrons. The largest absolute Gasteiger partial charge is 0.507 e. The van der Waals surface area contributed by atoms with Crippen LogP contribution >= 0.6 is 0 Å². The van der Waals surface area contributed by atoms with E-state index in [1.54, 1.807) is 0 Å². The minimum absolute atomic E-state index is 0.130. The van der Waals surface area contributed by atoms with E-state index in [-0.39, 0.29) is 18.9 Å². The maximum Gasteiger partial charge on any atom is 0.423 e. The van der Waals surface area contributed by atoms with E-state index in [0.717, 1.165) is 0 Å². The summed E-state index contributed by atoms with van der Waals surface area (Å²) in [6, 6.07) is -13.9. The summed E-state index contributed by atoms with van der Waals surface area (Å²) in [7, 11) is 0.259. The van der Waals surface area contributed by atoms with Crippen LogP contribution in [0.1, 0.15) is 59.3 Å². The molecule has 2 aromatic carbocycles. The van der Waals surface area contributed by atoms with E-state index in [1.165, 1.54) is 0 Å². The predicted molar refractivity (Wildman–Crippen MR) is 175 cm³/mol. The molecule has 0 bridgehead atoms. The molecule has 0 spiro atoms. The zero-order chi connectivity index (χ0) is 49.6. The number of hydrogen-bond acceptors (Lipinski definition) is 22. The third-order valence-corrected chi connectivity index (χ3v) is 10.8. The number of aromatic hydroxyl groups is 5. The van der Waals surface area contributed by atoms with Crippen LogP contribution in [0.5, 0.6) is 28.7 Å². The van der Waals surface area contributed by atoms with Crippen LogP contribution in [-0.4, -0.2) is 183 Å². The van der Waals surface area contributed by atoms with E-state index in [4.69, 9.17) is 0 Å². The van der Waals surface area contributed by atoms with Crippen LogP contribution < -0.4 is 0 Å². The van der Waals surface area contributed by atoms with Crippen LogP contribution in [0.25, 0.3) is 0 Å². The molecule has 2 fully saturated rings. The quantitative estimate of drug-likeness (QED) is 0.0592. The molecule has 2 saturated heterocycles. The SMILES string of the molecule is CC(=O)N1C(O)(O)C(O)(O)N(C2C(O)(O)C(c3c(C)c(O)c(F)c(O)c3O)N(C(=O)N(C)C(C)c3c(C)c(C(F)(F)F)c(O)c(C(F)(F)F)c3O)C(O)(O)C2(O)O)C(O)(O)C1(O)O. The van der Waals surface area contributed by atoms with Crippen LogP contribution in [0.15, 0.2) is 0 Å². The topological polar surface area (TPSA) is 431 Å². The van der Waals surface area contributed by atoms with Crippen molar-refractivity contribution < 1.29 is 137 Å². The van der Waals surface area contributed by atoms with Crippen LogP contribution in [0.4, 0.5) is 35.5 Å². The average molecular weight is 935 g/mol. The summed E-state index contributed by atoms with van der Waals surface area (Å²) < 4.78 is 99.3. The van der Waals surface area contributed by atoms with Gasteiger partial charge in [-0.05, 0) is 26.3 Å². The van der Waals surface area contributed by atoms with Crippen molar-refractivity contribution in [2.45, 2.75) is 99.3 Å². The molecule has 356 valence electrons. The van der Waals surface area contributed by atoms with E-state index >= 15 is 0 Å². The van der Waals surface area contributed by atoms with Crippen LogP contribution in [0, 0.1) is 19.7 Å². The number of carbonyl (C=O) groups is 2. The number of likely N-dealkylation sites (tertiary alicyclic amines) is 1. The Labute approximate surface area is 343 Å². The highest BCUT2D eigenvalue weighted by atomic mass is 19.4. The number of piperidine rings is 1. The number of benzene rings is 2. The van der Waals surface area contributed by atoms with Crippen LogP contribution in [0.2, 0.25) is 0 Å². The standard InChI is InChI=1S/C31H37F7N4O21/c1-6-10(16(45)13(26(36,37)38)18(47)12(6)25(33,34)35)8(3)39(5)22(49)40-20(11-7(2)15(44)14(32)19(48)17(11)46)23(50,51)21(24(52,53)27(40,54)55)42-30(60,61)28(56,57)41(9(4)43)29(58,59)31(42,62)63/h8,20-21,44-48,50-63H,1-5H3. The van der Waals surface area contributed by atoms with Gasteiger partial charge in [0.25, 0.3) is 5.79 Å². The Hall–Kier alpha value is -4.91. The number of rotatable bonds is 4. The number of hydrogen-bond donors (Lipinski definition) is 19. The lowest BCUT2D eigenvalue weighted by Crippen LogP contribution is -2.96. The molecular formula is C31H37F7N4O21. The van der Waals surface area contributed by atoms with Crippen molar-refractivity contribution in [3.63, 3.8) is 0 Å². The van der Waals surface area contributed by atoms with Crippen LogP contribution in [-0.2, 0) is 17.1 Å². The average Bonchev–Trinajstić information content (AvgIpc) is 3.07. The molecule has 63 heavy (non-hydrogen) atoms. The van der Waals surface area contributed by atoms with E-state index in [1.807, 2.05) is 0 Å². The molecule has 0 saturated carbocycles. The van der Waals surface area contributed by atoms with Crippen LogP contribution in [0.3, 0.4) is 0 Å². The second kappa shape index (κ2) is 14.3. The maximum atomic E-state index is 14.8. The minimum Gasteiger partial charge on any atom is -0.507 e. The smallest absolute Gasteiger partial charge is 0.423 e. The number of alkyl halides is 6. The van der Waals surface area contributed by atoms with Gasteiger partial charge in [-0.2, -0.15) is 35.6 Å². The van der Waals surface area contributed by atoms with Gasteiger partial charge in [-0.3, -0.25) is 9.69 Å². The summed E-state index contributed by atoms with van der Waals surface area (Å²) in [4.78, 5) is 22.0. The minimum atomic E-state index is -6.04. The number of aliphatic hydroxyl groups is 14. The van der Waals surface area contributed by atoms with E-state index in [9.17, 15) is 137 Å². The molecule has 3 amide bonds. The molecule has 3 atom stereocenters. The van der Waals surface area contributed by atoms with Crippen molar-refractivity contribution in [1.82, 2.24) is 19.6 Å². The Balaban J connectivity index is 2.19. The first-order chi connectivity index (χ1) is 27.8. The Morgan fingerprint density at radius 1 is 0.635 bits per heavy atom. The van der Waals surface area contributed by atoms with Crippen molar-refractivity contribution in [3.8, 4) is 28.7 Å². The van der Waals surface area contributed by atoms with Crippen molar-refractivity contribution in [1.29, 1.82) is 0 Å². The first-order valence-corrected chi connectivity index (χ1v) is 16.8. The summed E-state index contributed by atoms with van der Waals surface area (Å²) in [6.07, 6.45) is -11.9. The molecule has 25 nitrogen and oxygen atoms in total. The molecule has 2 aliphatic heterocycles. The second-order valence-corrected chi connectivity index (χ2v) is 14.5. The van der Waals surface area contributed by atoms with Gasteiger partial charge in [-0.15, -0.1) is 0 Å². The second-order valence-electron chi connectivity index (χ2n) is 14.5. The molecule has 32 heteroatoms. The van der Waals surface area contributed by atoms with Crippen molar-refractivity contribution in [3.05, 3.63) is 39.2 Å². The van der Waals surface area contributed by atoms with Crippen molar-refractivity contribution in [2.24, 2.45) is 0 Å². The van der Waals surface area contributed by atoms with Gasteiger partial charge in [0.15, 0.2) is 17.2 Å². The monoisotopic (exact) mass is 934 g/mol. The number of amides is 3. The van der Waals surface area contributed by atoms with Crippen molar-refractivity contribution >= 4 is 11.9 Å². The molecule has 2 aromatic rings. The van der Waals surface area contributed by atoms with Gasteiger partial charge in [0.1, 0.15) is 34.7 Å². The molecule has 2 heterocycles. The fraction of sp³-hybridized carbons (Fsp3) is 0.548. The van der Waals surface area contributed by atoms with Gasteiger partial charge in [0.05, 0.1) is 6.04 Å². The van der Waals surface area contributed by atoms with Gasteiger partial charge >= 0.3 is 47.9 Å². The van der Waals surface area contributed by atoms with Gasteiger partial charge in [-0.1, -0.05) is 0 Å². The molecule has 0 aliphatic carbocycles. The summed E-state index contributed by atoms with van der Waals surface area (Å²) in [5, 5.41) is 209. The zero-order valence-electron chi connectivity index (χ0n) is 32.0. The Kier molecular flexibility index (Phi) is 11.5. The molecule has 0 aromatic heterocycles. The molecular weight excluding hydrogens is 897 g/mol. The lowest BCUT2D eigenvalue weighted by molar-refractivity contribution is -0.623. The third-order valence-electron chi connectivity index (χ3n) is 10.8. The van der Waals surface area contributed by atoms with Gasteiger partial charge < -0.3 is 102 Å². The highest BCUT2D eigenvalue weighted by Gasteiger charge is 2.86. The summed E-state index contributed by atoms with van der Waals surface area (Å²) in [5.74, 6) is -53.4. The van der Waals surface area contributed by atoms with Gasteiger partial charge in [0, 0.05) is 30.7 Å². The Morgan fingerprint density at radius 3 is 1.46 bits per heavy atom. The first-order valence-electron chi connectivity index (χ1n) is 16.8. The Morgan fingerprint density at radius 2 is 1.06 bits per heavy atom. The molecule has 19 N–H and O–H groups in total. The van der Waals surface area contributed by atoms with Gasteiger partial charge in [0.2, 0.25) is 17.5 Å². The zero-order valence-corrected chi connectivity index (χ0v) is 32.0. The van der Waals surface area contributed by atoms with Gasteiger partial charge in [-0.25, -0.2) is 9.69 Å². The first kappa shape index (κ1) is 50.7. The number of urea groups is 1. The highest BCUT2D eigenvalue weighted by Crippen LogP contribution is 2.59. The normalized spacial score (nSPS) is 24.2. The molecule has 4 rings (SSSR count). The number of halogens is 7. The summed E-state index contributed by atoms with van der Waals surface area (Å²) >= 11 is 0. The van der Waals surface area contributed by atoms with E-state index in [0.29, 0.717) is 20.8 Å². The number of carbonyl (C=O) groups excluding carboxylic acids is 2.